The maximum Gasteiger partial charge on any atom is 0.259 e. The highest BCUT2D eigenvalue weighted by Gasteiger charge is 2.45. The third kappa shape index (κ3) is 5.54. The first-order valence-corrected chi connectivity index (χ1v) is 11.1. The van der Waals surface area contributed by atoms with E-state index in [2.05, 4.69) is 59.2 Å². The van der Waals surface area contributed by atoms with E-state index in [-0.39, 0.29) is 10.9 Å². The smallest absolute Gasteiger partial charge is 0.259 e. The fourth-order valence-electron chi connectivity index (χ4n) is 2.47. The van der Waals surface area contributed by atoms with Crippen LogP contribution < -0.4 is 0 Å². The number of rotatable bonds is 8. The van der Waals surface area contributed by atoms with Gasteiger partial charge in [0, 0.05) is 22.1 Å². The minimum absolute atomic E-state index is 0.0723. The lowest BCUT2D eigenvalue weighted by molar-refractivity contribution is 0.117. The van der Waals surface area contributed by atoms with Gasteiger partial charge < -0.3 is 9.05 Å². The second-order valence-corrected chi connectivity index (χ2v) is 11.2. The van der Waals surface area contributed by atoms with Gasteiger partial charge in [-0.25, -0.2) is 4.67 Å². The highest BCUT2D eigenvalue weighted by atomic mass is 33.1. The molecule has 0 bridgehead atoms. The predicted molar refractivity (Wildman–Crippen MR) is 98.8 cm³/mol. The minimum atomic E-state index is -1.16. The minimum Gasteiger partial charge on any atom is -0.321 e. The van der Waals surface area contributed by atoms with E-state index in [4.69, 9.17) is 14.3 Å². The Labute approximate surface area is 145 Å². The van der Waals surface area contributed by atoms with E-state index in [0.717, 1.165) is 0 Å². The summed E-state index contributed by atoms with van der Waals surface area (Å²) in [5.74, 6) is 0. The Morgan fingerprint density at radius 3 is 2.27 bits per heavy atom. The van der Waals surface area contributed by atoms with Crippen LogP contribution >= 0.6 is 30.1 Å². The zero-order valence-electron chi connectivity index (χ0n) is 14.7. The van der Waals surface area contributed by atoms with Gasteiger partial charge in [-0.05, 0) is 48.5 Å². The zero-order chi connectivity index (χ0) is 16.9. The van der Waals surface area contributed by atoms with E-state index in [1.165, 1.54) is 0 Å². The summed E-state index contributed by atoms with van der Waals surface area (Å²) in [7, 11) is 2.62. The molecule has 3 atom stereocenters. The molecule has 1 fully saturated rings. The number of hydrogen-bond acceptors (Lipinski definition) is 6. The Morgan fingerprint density at radius 1 is 1.27 bits per heavy atom. The molecule has 0 aromatic heterocycles. The maximum atomic E-state index is 8.76. The van der Waals surface area contributed by atoms with Crippen LogP contribution in [0.2, 0.25) is 0 Å². The van der Waals surface area contributed by atoms with Crippen molar-refractivity contribution < 1.29 is 9.05 Å². The topological polar surface area (TPSA) is 45.5 Å². The van der Waals surface area contributed by atoms with Crippen molar-refractivity contribution in [2.45, 2.75) is 83.1 Å². The number of nitrogens with zero attached hydrogens (tertiary/aromatic N) is 2. The first-order chi connectivity index (χ1) is 10.2. The molecule has 0 aromatic carbocycles. The molecule has 0 N–H and O–H groups in total. The monoisotopic (exact) mass is 364 g/mol. The quantitative estimate of drug-likeness (QED) is 0.335. The molecule has 4 nitrogen and oxygen atoms in total. The summed E-state index contributed by atoms with van der Waals surface area (Å²) in [4.78, 5) is 0. The van der Waals surface area contributed by atoms with Gasteiger partial charge >= 0.3 is 0 Å². The van der Waals surface area contributed by atoms with Crippen LogP contribution in [-0.2, 0) is 9.05 Å². The molecule has 0 aromatic rings. The van der Waals surface area contributed by atoms with Gasteiger partial charge in [0.15, 0.2) is 0 Å². The summed E-state index contributed by atoms with van der Waals surface area (Å²) in [5, 5.41) is 9.20. The van der Waals surface area contributed by atoms with Crippen LogP contribution in [0.25, 0.3) is 0 Å². The van der Waals surface area contributed by atoms with Crippen molar-refractivity contribution in [1.82, 2.24) is 4.67 Å². The standard InChI is InChI=1S/C15H29N2O2PS2/c1-11(2)17(12(3)4)20(18-10-8-9-16)19-14-13(5)21-22-15(14,6)7/h11-14H,8,10H2,1-7H3/t13-,14+,20?/m0/s1. The molecule has 0 saturated carbocycles. The molecule has 0 amide bonds. The molecule has 1 rings (SSSR count). The molecule has 0 aliphatic carbocycles. The Bertz CT molecular complexity index is 380. The first kappa shape index (κ1) is 20.5. The lowest BCUT2D eigenvalue weighted by Gasteiger charge is -2.39. The van der Waals surface area contributed by atoms with E-state index >= 15 is 0 Å². The fraction of sp³-hybridized carbons (Fsp3) is 0.933. The van der Waals surface area contributed by atoms with Crippen LogP contribution in [0.1, 0.15) is 54.9 Å². The molecule has 1 unspecified atom stereocenters. The zero-order valence-corrected chi connectivity index (χ0v) is 17.2. The molecule has 1 aliphatic heterocycles. The largest absolute Gasteiger partial charge is 0.321 e. The SMILES string of the molecule is CC(C)N(C(C)C)P(OCCC#N)O[C@@H]1[C@H](C)SSC1(C)C. The van der Waals surface area contributed by atoms with Gasteiger partial charge in [0.1, 0.15) is 0 Å². The average Bonchev–Trinajstić information content (AvgIpc) is 2.64. The van der Waals surface area contributed by atoms with Gasteiger partial charge in [-0.15, -0.1) is 0 Å². The van der Waals surface area contributed by atoms with Crippen LogP contribution in [-0.4, -0.2) is 39.5 Å². The summed E-state index contributed by atoms with van der Waals surface area (Å²) in [6, 6.07) is 2.82. The molecule has 1 saturated heterocycles. The molecule has 1 aliphatic rings. The van der Waals surface area contributed by atoms with Crippen molar-refractivity contribution in [2.24, 2.45) is 0 Å². The lowest BCUT2D eigenvalue weighted by Crippen LogP contribution is -2.40. The normalized spacial score (nSPS) is 25.9. The van der Waals surface area contributed by atoms with Gasteiger partial charge in [-0.2, -0.15) is 5.26 Å². The molecule has 0 spiro atoms. The Hall–Kier alpha value is 0.500. The molecule has 1 heterocycles. The van der Waals surface area contributed by atoms with Crippen LogP contribution in [0.4, 0.5) is 0 Å². The molecule has 0 radical (unpaired) electrons. The summed E-state index contributed by atoms with van der Waals surface area (Å²) in [6.45, 7) is 15.8. The lowest BCUT2D eigenvalue weighted by atomic mass is 10.0. The third-order valence-corrected chi connectivity index (χ3v) is 9.30. The highest BCUT2D eigenvalue weighted by molar-refractivity contribution is 8.77. The second-order valence-electron chi connectivity index (χ2n) is 6.56. The Kier molecular flexibility index (Phi) is 8.50. The molecule has 22 heavy (non-hydrogen) atoms. The van der Waals surface area contributed by atoms with Gasteiger partial charge in [0.05, 0.1) is 25.2 Å². The van der Waals surface area contributed by atoms with Crippen molar-refractivity contribution in [3.63, 3.8) is 0 Å². The van der Waals surface area contributed by atoms with Crippen molar-refractivity contribution in [2.75, 3.05) is 6.61 Å². The Morgan fingerprint density at radius 2 is 1.86 bits per heavy atom. The van der Waals surface area contributed by atoms with Crippen molar-refractivity contribution in [3.8, 4) is 6.07 Å². The first-order valence-electron chi connectivity index (χ1n) is 7.80. The van der Waals surface area contributed by atoms with Gasteiger partial charge in [-0.3, -0.25) is 0 Å². The van der Waals surface area contributed by atoms with Crippen molar-refractivity contribution in [1.29, 1.82) is 5.26 Å². The van der Waals surface area contributed by atoms with E-state index in [0.29, 0.717) is 30.4 Å². The highest BCUT2D eigenvalue weighted by Crippen LogP contribution is 2.57. The molecular weight excluding hydrogens is 335 g/mol. The summed E-state index contributed by atoms with van der Waals surface area (Å²) in [6.07, 6.45) is 0.551. The summed E-state index contributed by atoms with van der Waals surface area (Å²) < 4.78 is 14.9. The van der Waals surface area contributed by atoms with E-state index < -0.39 is 8.53 Å². The van der Waals surface area contributed by atoms with E-state index in [1.54, 1.807) is 0 Å². The molecule has 7 heteroatoms. The van der Waals surface area contributed by atoms with Crippen molar-refractivity contribution >= 4 is 30.1 Å². The number of hydrogen-bond donors (Lipinski definition) is 0. The van der Waals surface area contributed by atoms with Crippen LogP contribution in [0.5, 0.6) is 0 Å². The van der Waals surface area contributed by atoms with Crippen LogP contribution in [0.15, 0.2) is 0 Å². The van der Waals surface area contributed by atoms with Crippen molar-refractivity contribution in [3.05, 3.63) is 0 Å². The fourth-order valence-corrected chi connectivity index (χ4v) is 7.68. The third-order valence-electron chi connectivity index (χ3n) is 3.39. The maximum absolute atomic E-state index is 8.76. The van der Waals surface area contributed by atoms with Gasteiger partial charge in [0.25, 0.3) is 8.53 Å². The summed E-state index contributed by atoms with van der Waals surface area (Å²) in [5.41, 5.74) is 0. The predicted octanol–water partition coefficient (Wildman–Crippen LogP) is 5.21. The molecular formula is C15H29N2O2PS2. The number of nitriles is 1. The van der Waals surface area contributed by atoms with Crippen LogP contribution in [0.3, 0.4) is 0 Å². The van der Waals surface area contributed by atoms with Gasteiger partial charge in [0.2, 0.25) is 0 Å². The molecule has 128 valence electrons. The average molecular weight is 365 g/mol. The van der Waals surface area contributed by atoms with Gasteiger partial charge in [-0.1, -0.05) is 21.6 Å². The second kappa shape index (κ2) is 9.11. The van der Waals surface area contributed by atoms with E-state index in [1.807, 2.05) is 21.6 Å². The van der Waals surface area contributed by atoms with Crippen LogP contribution in [0, 0.1) is 11.3 Å². The summed E-state index contributed by atoms with van der Waals surface area (Å²) >= 11 is 0. The Balaban J connectivity index is 2.87. The van der Waals surface area contributed by atoms with E-state index in [9.17, 15) is 0 Å².